The highest BCUT2D eigenvalue weighted by atomic mass is 16.1. The van der Waals surface area contributed by atoms with E-state index >= 15 is 0 Å². The molecule has 78 valence electrons. The molecule has 0 heterocycles. The van der Waals surface area contributed by atoms with Crippen LogP contribution in [0.25, 0.3) is 5.57 Å². The zero-order chi connectivity index (χ0) is 11.4. The summed E-state index contributed by atoms with van der Waals surface area (Å²) in [4.78, 5) is 11.1. The lowest BCUT2D eigenvalue weighted by atomic mass is 9.96. The summed E-state index contributed by atoms with van der Waals surface area (Å²) in [6.45, 7) is 2.00. The summed E-state index contributed by atoms with van der Waals surface area (Å²) < 4.78 is 0. The van der Waals surface area contributed by atoms with Crippen molar-refractivity contribution in [1.82, 2.24) is 0 Å². The lowest BCUT2D eigenvalue weighted by Crippen LogP contribution is -1.91. The zero-order valence-electron chi connectivity index (χ0n) is 9.10. The first-order chi connectivity index (χ1) is 7.83. The number of aryl methyl sites for hydroxylation is 1. The molecular formula is C15H12O. The second kappa shape index (κ2) is 4.61. The Morgan fingerprint density at radius 1 is 0.938 bits per heavy atom. The maximum atomic E-state index is 11.1. The van der Waals surface area contributed by atoms with Crippen LogP contribution >= 0.6 is 0 Å². The van der Waals surface area contributed by atoms with Crippen molar-refractivity contribution in [3.8, 4) is 0 Å². The Bertz CT molecular complexity index is 534. The fourth-order valence-corrected chi connectivity index (χ4v) is 1.73. The van der Waals surface area contributed by atoms with Gasteiger partial charge in [-0.15, -0.1) is 0 Å². The monoisotopic (exact) mass is 208 g/mol. The molecule has 0 bridgehead atoms. The fourth-order valence-electron chi connectivity index (χ4n) is 1.73. The van der Waals surface area contributed by atoms with E-state index in [1.165, 1.54) is 0 Å². The molecule has 0 saturated heterocycles. The highest BCUT2D eigenvalue weighted by Gasteiger charge is 2.07. The first kappa shape index (κ1) is 10.4. The molecular weight excluding hydrogens is 196 g/mol. The summed E-state index contributed by atoms with van der Waals surface area (Å²) in [5.41, 5.74) is 3.57. The van der Waals surface area contributed by atoms with E-state index in [2.05, 4.69) is 0 Å². The van der Waals surface area contributed by atoms with Crippen molar-refractivity contribution in [2.45, 2.75) is 6.92 Å². The van der Waals surface area contributed by atoms with Gasteiger partial charge >= 0.3 is 0 Å². The molecule has 0 aromatic heterocycles. The summed E-state index contributed by atoms with van der Waals surface area (Å²) in [5.74, 6) is 2.04. The van der Waals surface area contributed by atoms with Crippen LogP contribution in [0.4, 0.5) is 0 Å². The van der Waals surface area contributed by atoms with Crippen molar-refractivity contribution in [1.29, 1.82) is 0 Å². The fraction of sp³-hybridized carbons (Fsp3) is 0.0667. The van der Waals surface area contributed by atoms with E-state index in [0.717, 1.165) is 16.7 Å². The molecule has 1 heteroatoms. The number of rotatable bonds is 2. The molecule has 1 nitrogen and oxygen atoms in total. The lowest BCUT2D eigenvalue weighted by Gasteiger charge is -2.06. The molecule has 0 aliphatic carbocycles. The van der Waals surface area contributed by atoms with E-state index in [-0.39, 0.29) is 0 Å². The van der Waals surface area contributed by atoms with Gasteiger partial charge in [0.25, 0.3) is 0 Å². The van der Waals surface area contributed by atoms with Gasteiger partial charge in [0.15, 0.2) is 0 Å². The molecule has 0 amide bonds. The molecule has 0 fully saturated rings. The van der Waals surface area contributed by atoms with Gasteiger partial charge in [-0.05, 0) is 23.6 Å². The molecule has 0 unspecified atom stereocenters. The van der Waals surface area contributed by atoms with Gasteiger partial charge in [-0.1, -0.05) is 54.6 Å². The third kappa shape index (κ3) is 1.95. The molecule has 0 N–H and O–H groups in total. The van der Waals surface area contributed by atoms with Crippen molar-refractivity contribution >= 4 is 11.5 Å². The smallest absolute Gasteiger partial charge is 0.133 e. The first-order valence-electron chi connectivity index (χ1n) is 5.19. The van der Waals surface area contributed by atoms with Gasteiger partial charge in [-0.3, -0.25) is 0 Å². The van der Waals surface area contributed by atoms with Gasteiger partial charge in [-0.25, -0.2) is 4.79 Å². The van der Waals surface area contributed by atoms with Crippen LogP contribution in [0.5, 0.6) is 0 Å². The van der Waals surface area contributed by atoms with E-state index in [0.29, 0.717) is 5.57 Å². The normalized spacial score (nSPS) is 9.56. The summed E-state index contributed by atoms with van der Waals surface area (Å²) >= 11 is 0. The van der Waals surface area contributed by atoms with Crippen molar-refractivity contribution in [2.75, 3.05) is 0 Å². The Labute approximate surface area is 95.1 Å². The topological polar surface area (TPSA) is 17.1 Å². The van der Waals surface area contributed by atoms with Crippen molar-refractivity contribution in [3.63, 3.8) is 0 Å². The van der Waals surface area contributed by atoms with Crippen molar-refractivity contribution in [2.24, 2.45) is 0 Å². The van der Waals surface area contributed by atoms with Crippen LogP contribution in [0.2, 0.25) is 0 Å². The van der Waals surface area contributed by atoms with E-state index < -0.39 is 0 Å². The number of hydrogen-bond donors (Lipinski definition) is 0. The standard InChI is InChI=1S/C15H12O/c1-12-7-5-6-10-14(12)15(11-16)13-8-3-2-4-9-13/h2-10H,1H3. The van der Waals surface area contributed by atoms with Crippen LogP contribution in [0, 0.1) is 6.92 Å². The molecule has 16 heavy (non-hydrogen) atoms. The van der Waals surface area contributed by atoms with E-state index in [1.807, 2.05) is 67.5 Å². The molecule has 2 aromatic rings. The SMILES string of the molecule is Cc1ccccc1C(=C=O)c1ccccc1. The zero-order valence-corrected chi connectivity index (χ0v) is 9.10. The molecule has 2 aromatic carbocycles. The van der Waals surface area contributed by atoms with Crippen molar-refractivity contribution < 1.29 is 4.79 Å². The highest BCUT2D eigenvalue weighted by molar-refractivity contribution is 5.97. The van der Waals surface area contributed by atoms with Crippen LogP contribution in [-0.2, 0) is 4.79 Å². The second-order valence-electron chi connectivity index (χ2n) is 3.66. The quantitative estimate of drug-likeness (QED) is 0.692. The Morgan fingerprint density at radius 2 is 1.56 bits per heavy atom. The van der Waals surface area contributed by atoms with E-state index in [1.54, 1.807) is 0 Å². The van der Waals surface area contributed by atoms with Crippen LogP contribution in [-0.4, -0.2) is 5.94 Å². The average Bonchev–Trinajstić information content (AvgIpc) is 2.34. The lowest BCUT2D eigenvalue weighted by molar-refractivity contribution is 0.569. The van der Waals surface area contributed by atoms with E-state index in [9.17, 15) is 4.79 Å². The average molecular weight is 208 g/mol. The Hall–Kier alpha value is -2.11. The van der Waals surface area contributed by atoms with Gasteiger partial charge in [0.1, 0.15) is 5.94 Å². The molecule has 0 spiro atoms. The van der Waals surface area contributed by atoms with Crippen LogP contribution < -0.4 is 0 Å². The number of benzene rings is 2. The van der Waals surface area contributed by atoms with Crippen molar-refractivity contribution in [3.05, 3.63) is 71.3 Å². The molecule has 2 rings (SSSR count). The second-order valence-corrected chi connectivity index (χ2v) is 3.66. The third-order valence-electron chi connectivity index (χ3n) is 2.58. The number of carbonyl (C=O) groups excluding carboxylic acids is 1. The maximum absolute atomic E-state index is 11.1. The molecule has 0 aliphatic heterocycles. The van der Waals surface area contributed by atoms with Gasteiger partial charge in [0.2, 0.25) is 0 Å². The van der Waals surface area contributed by atoms with Gasteiger partial charge in [-0.2, -0.15) is 0 Å². The highest BCUT2D eigenvalue weighted by Crippen LogP contribution is 2.23. The van der Waals surface area contributed by atoms with Crippen LogP contribution in [0.3, 0.4) is 0 Å². The molecule has 0 radical (unpaired) electrons. The maximum Gasteiger partial charge on any atom is 0.133 e. The van der Waals surface area contributed by atoms with Crippen LogP contribution in [0.1, 0.15) is 16.7 Å². The third-order valence-corrected chi connectivity index (χ3v) is 2.58. The Balaban J connectivity index is 2.55. The van der Waals surface area contributed by atoms with Gasteiger partial charge < -0.3 is 0 Å². The summed E-state index contributed by atoms with van der Waals surface area (Å²) in [7, 11) is 0. The molecule has 0 aliphatic rings. The molecule has 0 saturated carbocycles. The summed E-state index contributed by atoms with van der Waals surface area (Å²) in [5, 5.41) is 0. The Kier molecular flexibility index (Phi) is 3.00. The predicted molar refractivity (Wildman–Crippen MR) is 65.8 cm³/mol. The predicted octanol–water partition coefficient (Wildman–Crippen LogP) is 3.26. The largest absolute Gasteiger partial charge is 0.233 e. The first-order valence-corrected chi connectivity index (χ1v) is 5.19. The molecule has 0 atom stereocenters. The summed E-state index contributed by atoms with van der Waals surface area (Å²) in [6, 6.07) is 17.5. The number of hydrogen-bond acceptors (Lipinski definition) is 1. The van der Waals surface area contributed by atoms with E-state index in [4.69, 9.17) is 0 Å². The van der Waals surface area contributed by atoms with Gasteiger partial charge in [0.05, 0.1) is 5.57 Å². The Morgan fingerprint density at radius 3 is 2.19 bits per heavy atom. The summed E-state index contributed by atoms with van der Waals surface area (Å²) in [6.07, 6.45) is 0. The van der Waals surface area contributed by atoms with Crippen LogP contribution in [0.15, 0.2) is 54.6 Å². The minimum atomic E-state index is 0.624. The van der Waals surface area contributed by atoms with Gasteiger partial charge in [0, 0.05) is 0 Å². The minimum absolute atomic E-state index is 0.624. The minimum Gasteiger partial charge on any atom is -0.233 e.